The summed E-state index contributed by atoms with van der Waals surface area (Å²) in [7, 11) is -2.04. The van der Waals surface area contributed by atoms with Crippen LogP contribution in [0, 0.1) is 0 Å². The molecule has 0 aliphatic heterocycles. The van der Waals surface area contributed by atoms with Gasteiger partial charge in [-0.2, -0.15) is 13.1 Å². The SMILES string of the molecule is COc1ccc(NS(=O)(=O)NCc2ccccc2)cc1. The molecule has 0 aliphatic carbocycles. The van der Waals surface area contributed by atoms with E-state index >= 15 is 0 Å². The molecule has 2 rings (SSSR count). The van der Waals surface area contributed by atoms with Gasteiger partial charge in [-0.3, -0.25) is 4.72 Å². The molecule has 0 fully saturated rings. The Bertz CT molecular complexity index is 640. The van der Waals surface area contributed by atoms with Gasteiger partial charge in [0.05, 0.1) is 12.8 Å². The Labute approximate surface area is 118 Å². The normalized spacial score (nSPS) is 11.1. The van der Waals surface area contributed by atoms with E-state index in [1.807, 2.05) is 30.3 Å². The standard InChI is InChI=1S/C14H16N2O3S/c1-19-14-9-7-13(8-10-14)16-20(17,18)15-11-12-5-3-2-4-6-12/h2-10,15-16H,11H2,1H3. The van der Waals surface area contributed by atoms with Crippen molar-refractivity contribution in [1.82, 2.24) is 4.72 Å². The summed E-state index contributed by atoms with van der Waals surface area (Å²) in [6.45, 7) is 0.242. The minimum absolute atomic E-state index is 0.242. The molecule has 0 amide bonds. The molecule has 106 valence electrons. The van der Waals surface area contributed by atoms with Gasteiger partial charge in [0.1, 0.15) is 5.75 Å². The maximum Gasteiger partial charge on any atom is 0.299 e. The predicted octanol–water partition coefficient (Wildman–Crippen LogP) is 2.14. The third-order valence-electron chi connectivity index (χ3n) is 2.65. The maximum atomic E-state index is 11.9. The molecule has 0 bridgehead atoms. The van der Waals surface area contributed by atoms with E-state index in [0.717, 1.165) is 5.56 Å². The van der Waals surface area contributed by atoms with Gasteiger partial charge < -0.3 is 4.74 Å². The molecule has 0 aromatic heterocycles. The van der Waals surface area contributed by atoms with Crippen LogP contribution in [0.2, 0.25) is 0 Å². The van der Waals surface area contributed by atoms with Crippen LogP contribution in [0.3, 0.4) is 0 Å². The highest BCUT2D eigenvalue weighted by molar-refractivity contribution is 7.90. The Morgan fingerprint density at radius 2 is 1.65 bits per heavy atom. The average Bonchev–Trinajstić information content (AvgIpc) is 2.47. The maximum absolute atomic E-state index is 11.9. The number of benzene rings is 2. The van der Waals surface area contributed by atoms with E-state index in [9.17, 15) is 8.42 Å². The van der Waals surface area contributed by atoms with Gasteiger partial charge in [-0.05, 0) is 29.8 Å². The molecular formula is C14H16N2O3S. The lowest BCUT2D eigenvalue weighted by Crippen LogP contribution is -2.29. The van der Waals surface area contributed by atoms with Crippen molar-refractivity contribution in [1.29, 1.82) is 0 Å². The Balaban J connectivity index is 1.96. The van der Waals surface area contributed by atoms with E-state index in [2.05, 4.69) is 9.44 Å². The predicted molar refractivity (Wildman–Crippen MR) is 78.8 cm³/mol. The highest BCUT2D eigenvalue weighted by Crippen LogP contribution is 2.15. The molecule has 0 unspecified atom stereocenters. The van der Waals surface area contributed by atoms with E-state index in [-0.39, 0.29) is 6.54 Å². The van der Waals surface area contributed by atoms with Crippen LogP contribution in [0.15, 0.2) is 54.6 Å². The van der Waals surface area contributed by atoms with Gasteiger partial charge in [-0.1, -0.05) is 30.3 Å². The number of anilines is 1. The van der Waals surface area contributed by atoms with Crippen molar-refractivity contribution in [2.45, 2.75) is 6.54 Å². The molecule has 2 aromatic carbocycles. The Kier molecular flexibility index (Phi) is 4.60. The molecule has 5 nitrogen and oxygen atoms in total. The van der Waals surface area contributed by atoms with Crippen LogP contribution < -0.4 is 14.2 Å². The highest BCUT2D eigenvalue weighted by Gasteiger charge is 2.09. The summed E-state index contributed by atoms with van der Waals surface area (Å²) in [5.41, 5.74) is 1.37. The van der Waals surface area contributed by atoms with Crippen LogP contribution in [0.5, 0.6) is 5.75 Å². The number of methoxy groups -OCH3 is 1. The fourth-order valence-corrected chi connectivity index (χ4v) is 2.50. The van der Waals surface area contributed by atoms with E-state index < -0.39 is 10.2 Å². The molecule has 0 heterocycles. The van der Waals surface area contributed by atoms with E-state index in [1.54, 1.807) is 31.4 Å². The Morgan fingerprint density at radius 3 is 2.25 bits per heavy atom. The van der Waals surface area contributed by atoms with Gasteiger partial charge in [-0.25, -0.2) is 0 Å². The molecule has 20 heavy (non-hydrogen) atoms. The van der Waals surface area contributed by atoms with Crippen molar-refractivity contribution >= 4 is 15.9 Å². The van der Waals surface area contributed by atoms with Crippen LogP contribution in [0.25, 0.3) is 0 Å². The van der Waals surface area contributed by atoms with Crippen LogP contribution in [-0.4, -0.2) is 15.5 Å². The van der Waals surface area contributed by atoms with E-state index in [1.165, 1.54) is 0 Å². The Hall–Kier alpha value is -2.05. The third-order valence-corrected chi connectivity index (χ3v) is 3.68. The molecule has 6 heteroatoms. The van der Waals surface area contributed by atoms with Crippen LogP contribution in [0.1, 0.15) is 5.56 Å². The molecule has 0 radical (unpaired) electrons. The first-order valence-electron chi connectivity index (χ1n) is 6.04. The lowest BCUT2D eigenvalue weighted by molar-refractivity contribution is 0.415. The van der Waals surface area contributed by atoms with Crippen molar-refractivity contribution < 1.29 is 13.2 Å². The Morgan fingerprint density at radius 1 is 1.00 bits per heavy atom. The summed E-state index contributed by atoms with van der Waals surface area (Å²) in [4.78, 5) is 0. The molecule has 0 atom stereocenters. The first-order valence-corrected chi connectivity index (χ1v) is 7.53. The zero-order valence-corrected chi connectivity index (χ0v) is 11.9. The molecular weight excluding hydrogens is 276 g/mol. The largest absolute Gasteiger partial charge is 0.497 e. The molecule has 0 saturated carbocycles. The third kappa shape index (κ3) is 4.25. The summed E-state index contributed by atoms with van der Waals surface area (Å²) in [6, 6.07) is 16.0. The van der Waals surface area contributed by atoms with Crippen molar-refractivity contribution in [2.24, 2.45) is 0 Å². The van der Waals surface area contributed by atoms with Gasteiger partial charge >= 0.3 is 0 Å². The summed E-state index contributed by atoms with van der Waals surface area (Å²) >= 11 is 0. The van der Waals surface area contributed by atoms with Gasteiger partial charge in [0.2, 0.25) is 0 Å². The molecule has 0 aliphatic rings. The molecule has 0 spiro atoms. The lowest BCUT2D eigenvalue weighted by Gasteiger charge is -2.10. The second-order valence-electron chi connectivity index (χ2n) is 4.14. The van der Waals surface area contributed by atoms with Crippen molar-refractivity contribution in [2.75, 3.05) is 11.8 Å². The number of hydrogen-bond donors (Lipinski definition) is 2. The smallest absolute Gasteiger partial charge is 0.299 e. The van der Waals surface area contributed by atoms with Gasteiger partial charge in [-0.15, -0.1) is 0 Å². The van der Waals surface area contributed by atoms with Crippen LogP contribution in [-0.2, 0) is 16.8 Å². The summed E-state index contributed by atoms with van der Waals surface area (Å²) < 4.78 is 33.7. The number of nitrogens with one attached hydrogen (secondary N) is 2. The number of hydrogen-bond acceptors (Lipinski definition) is 3. The molecule has 0 saturated heterocycles. The van der Waals surface area contributed by atoms with Crippen LogP contribution in [0.4, 0.5) is 5.69 Å². The van der Waals surface area contributed by atoms with Crippen molar-refractivity contribution in [3.8, 4) is 5.75 Å². The van der Waals surface area contributed by atoms with E-state index in [4.69, 9.17) is 4.74 Å². The highest BCUT2D eigenvalue weighted by atomic mass is 32.2. The number of ether oxygens (including phenoxy) is 1. The summed E-state index contributed by atoms with van der Waals surface area (Å²) in [6.07, 6.45) is 0. The van der Waals surface area contributed by atoms with Crippen molar-refractivity contribution in [3.63, 3.8) is 0 Å². The second kappa shape index (κ2) is 6.40. The van der Waals surface area contributed by atoms with Crippen molar-refractivity contribution in [3.05, 3.63) is 60.2 Å². The minimum atomic E-state index is -3.59. The summed E-state index contributed by atoms with van der Waals surface area (Å²) in [5, 5.41) is 0. The average molecular weight is 292 g/mol. The zero-order valence-electron chi connectivity index (χ0n) is 11.0. The topological polar surface area (TPSA) is 67.4 Å². The van der Waals surface area contributed by atoms with E-state index in [0.29, 0.717) is 11.4 Å². The fourth-order valence-electron chi connectivity index (χ4n) is 1.62. The van der Waals surface area contributed by atoms with Gasteiger partial charge in [0.25, 0.3) is 10.2 Å². The first kappa shape index (κ1) is 14.4. The van der Waals surface area contributed by atoms with Gasteiger partial charge in [0, 0.05) is 6.54 Å². The zero-order chi connectivity index (χ0) is 14.4. The van der Waals surface area contributed by atoms with Gasteiger partial charge in [0.15, 0.2) is 0 Å². The molecule has 2 N–H and O–H groups in total. The minimum Gasteiger partial charge on any atom is -0.497 e. The quantitative estimate of drug-likeness (QED) is 0.857. The fraction of sp³-hybridized carbons (Fsp3) is 0.143. The number of rotatable bonds is 6. The second-order valence-corrected chi connectivity index (χ2v) is 5.64. The first-order chi connectivity index (χ1) is 9.59. The lowest BCUT2D eigenvalue weighted by atomic mass is 10.2. The summed E-state index contributed by atoms with van der Waals surface area (Å²) in [5.74, 6) is 0.671. The monoisotopic (exact) mass is 292 g/mol. The molecule has 2 aromatic rings. The van der Waals surface area contributed by atoms with Crippen LogP contribution >= 0.6 is 0 Å².